The van der Waals surface area contributed by atoms with Gasteiger partial charge < -0.3 is 4.74 Å². The Balaban J connectivity index is 1.32. The third-order valence-corrected chi connectivity index (χ3v) is 6.75. The number of benzene rings is 5. The topological polar surface area (TPSA) is 50.7 Å². The minimum atomic E-state index is -0.335. The molecule has 162 valence electrons. The Morgan fingerprint density at radius 2 is 1.48 bits per heavy atom. The van der Waals surface area contributed by atoms with Gasteiger partial charge in [0, 0.05) is 10.0 Å². The maximum Gasteiger partial charge on any atom is 0.277 e. The van der Waals surface area contributed by atoms with E-state index in [1.165, 1.54) is 0 Å². The molecule has 0 aliphatic heterocycles. The summed E-state index contributed by atoms with van der Waals surface area (Å²) in [5.41, 5.74) is 3.54. The molecule has 4 nitrogen and oxygen atoms in total. The van der Waals surface area contributed by atoms with Crippen molar-refractivity contribution in [3.63, 3.8) is 0 Å². The number of carbonyl (C=O) groups is 1. The predicted octanol–water partition coefficient (Wildman–Crippen LogP) is 7.20. The third-order valence-electron chi connectivity index (χ3n) is 5.44. The maximum absolute atomic E-state index is 12.4. The summed E-state index contributed by atoms with van der Waals surface area (Å²) in [6.45, 7) is -0.145. The Hall–Kier alpha value is -3.22. The van der Waals surface area contributed by atoms with Crippen LogP contribution in [0.15, 0.2) is 99.0 Å². The van der Waals surface area contributed by atoms with Gasteiger partial charge in [-0.3, -0.25) is 4.79 Å². The van der Waals surface area contributed by atoms with Gasteiger partial charge in [0.05, 0.1) is 10.7 Å². The number of rotatable bonds is 5. The van der Waals surface area contributed by atoms with E-state index in [2.05, 4.69) is 72.7 Å². The van der Waals surface area contributed by atoms with Crippen molar-refractivity contribution < 1.29 is 9.53 Å². The zero-order chi connectivity index (χ0) is 22.8. The molecule has 1 N–H and O–H groups in total. The molecule has 0 unspecified atom stereocenters. The number of carbonyl (C=O) groups excluding carboxylic acids is 1. The van der Waals surface area contributed by atoms with E-state index in [4.69, 9.17) is 4.74 Å². The second-order valence-electron chi connectivity index (χ2n) is 7.56. The lowest BCUT2D eigenvalue weighted by Crippen LogP contribution is -2.24. The van der Waals surface area contributed by atoms with E-state index in [1.807, 2.05) is 54.6 Å². The fourth-order valence-corrected chi connectivity index (χ4v) is 4.87. The van der Waals surface area contributed by atoms with Crippen molar-refractivity contribution in [2.75, 3.05) is 6.61 Å². The highest BCUT2D eigenvalue weighted by Crippen LogP contribution is 2.34. The third kappa shape index (κ3) is 4.49. The molecule has 0 heterocycles. The highest BCUT2D eigenvalue weighted by molar-refractivity contribution is 9.11. The lowest BCUT2D eigenvalue weighted by molar-refractivity contribution is -0.123. The first-order valence-electron chi connectivity index (χ1n) is 10.3. The molecule has 0 bridgehead atoms. The van der Waals surface area contributed by atoms with Crippen LogP contribution in [0.2, 0.25) is 0 Å². The lowest BCUT2D eigenvalue weighted by Gasteiger charge is -2.10. The van der Waals surface area contributed by atoms with Crippen LogP contribution in [0.4, 0.5) is 0 Å². The van der Waals surface area contributed by atoms with Crippen LogP contribution in [0.5, 0.6) is 5.75 Å². The van der Waals surface area contributed by atoms with Crippen molar-refractivity contribution in [3.05, 3.63) is 99.4 Å². The van der Waals surface area contributed by atoms with E-state index in [0.29, 0.717) is 5.75 Å². The summed E-state index contributed by atoms with van der Waals surface area (Å²) in [7, 11) is 0. The van der Waals surface area contributed by atoms with Gasteiger partial charge in [-0.1, -0.05) is 76.6 Å². The molecule has 1 amide bonds. The number of hydrogen-bond donors (Lipinski definition) is 1. The van der Waals surface area contributed by atoms with E-state index in [0.717, 1.165) is 46.8 Å². The van der Waals surface area contributed by atoms with Crippen molar-refractivity contribution in [1.29, 1.82) is 0 Å². The molecule has 0 atom stereocenters. The zero-order valence-electron chi connectivity index (χ0n) is 17.4. The quantitative estimate of drug-likeness (QED) is 0.140. The molecule has 0 radical (unpaired) electrons. The first-order chi connectivity index (χ1) is 16.1. The minimum absolute atomic E-state index is 0.145. The van der Waals surface area contributed by atoms with Crippen LogP contribution in [0.25, 0.3) is 32.3 Å². The van der Waals surface area contributed by atoms with Crippen molar-refractivity contribution >= 4 is 76.3 Å². The number of nitrogens with one attached hydrogen (secondary N) is 1. The standard InChI is InChI=1S/C27H18Br2N2O2/c28-20-10-11-23-19(14-20)9-12-25(27(23)29)33-16-26(32)31-30-15-24-21-7-3-1-5-17(21)13-18-6-2-4-8-22(18)24/h1-15H,16H2,(H,31,32). The van der Waals surface area contributed by atoms with Crippen LogP contribution in [-0.2, 0) is 4.79 Å². The van der Waals surface area contributed by atoms with Crippen molar-refractivity contribution in [1.82, 2.24) is 5.43 Å². The van der Waals surface area contributed by atoms with Gasteiger partial charge in [-0.25, -0.2) is 5.43 Å². The molecule has 6 heteroatoms. The lowest BCUT2D eigenvalue weighted by atomic mass is 9.97. The molecule has 0 aliphatic rings. The molecule has 0 saturated heterocycles. The summed E-state index contributed by atoms with van der Waals surface area (Å²) < 4.78 is 7.55. The second kappa shape index (κ2) is 9.33. The van der Waals surface area contributed by atoms with Crippen LogP contribution in [0.3, 0.4) is 0 Å². The average molecular weight is 562 g/mol. The van der Waals surface area contributed by atoms with E-state index >= 15 is 0 Å². The Morgan fingerprint density at radius 1 is 0.818 bits per heavy atom. The van der Waals surface area contributed by atoms with Crippen molar-refractivity contribution in [2.45, 2.75) is 0 Å². The van der Waals surface area contributed by atoms with E-state index < -0.39 is 0 Å². The molecule has 0 aliphatic carbocycles. The smallest absolute Gasteiger partial charge is 0.277 e. The van der Waals surface area contributed by atoms with Crippen LogP contribution in [0, 0.1) is 0 Å². The first-order valence-corrected chi connectivity index (χ1v) is 11.9. The van der Waals surface area contributed by atoms with Crippen LogP contribution < -0.4 is 10.2 Å². The Labute approximate surface area is 207 Å². The normalized spacial score (nSPS) is 11.5. The molecule has 5 aromatic rings. The molecule has 0 saturated carbocycles. The highest BCUT2D eigenvalue weighted by Gasteiger charge is 2.10. The number of fused-ring (bicyclic) bond motifs is 3. The molecule has 5 aromatic carbocycles. The first kappa shape index (κ1) is 21.6. The summed E-state index contributed by atoms with van der Waals surface area (Å²) >= 11 is 7.06. The zero-order valence-corrected chi connectivity index (χ0v) is 20.6. The van der Waals surface area contributed by atoms with Gasteiger partial charge in [0.25, 0.3) is 5.91 Å². The van der Waals surface area contributed by atoms with Crippen LogP contribution in [0.1, 0.15) is 5.56 Å². The summed E-state index contributed by atoms with van der Waals surface area (Å²) in [5.74, 6) is 0.266. The molecule has 0 aromatic heterocycles. The second-order valence-corrected chi connectivity index (χ2v) is 9.27. The van der Waals surface area contributed by atoms with Crippen molar-refractivity contribution in [3.8, 4) is 5.75 Å². The monoisotopic (exact) mass is 560 g/mol. The summed E-state index contributed by atoms with van der Waals surface area (Å²) in [6, 6.07) is 28.3. The largest absolute Gasteiger partial charge is 0.483 e. The van der Waals surface area contributed by atoms with Gasteiger partial charge in [0.1, 0.15) is 5.75 Å². The van der Waals surface area contributed by atoms with Gasteiger partial charge in [-0.2, -0.15) is 5.10 Å². The molecule has 0 spiro atoms. The van der Waals surface area contributed by atoms with E-state index in [1.54, 1.807) is 6.21 Å². The summed E-state index contributed by atoms with van der Waals surface area (Å²) in [4.78, 5) is 12.4. The molecular formula is C27H18Br2N2O2. The van der Waals surface area contributed by atoms with Gasteiger partial charge >= 0.3 is 0 Å². The molecule has 0 fully saturated rings. The Bertz CT molecular complexity index is 1490. The summed E-state index contributed by atoms with van der Waals surface area (Å²) in [6.07, 6.45) is 1.70. The SMILES string of the molecule is O=C(COc1ccc2cc(Br)ccc2c1Br)NN=Cc1c2ccccc2cc2ccccc12. The number of halogens is 2. The van der Waals surface area contributed by atoms with Gasteiger partial charge in [0.2, 0.25) is 0 Å². The maximum atomic E-state index is 12.4. The number of ether oxygens (including phenoxy) is 1. The fraction of sp³-hybridized carbons (Fsp3) is 0.0370. The predicted molar refractivity (Wildman–Crippen MR) is 142 cm³/mol. The van der Waals surface area contributed by atoms with E-state index in [-0.39, 0.29) is 12.5 Å². The van der Waals surface area contributed by atoms with Gasteiger partial charge in [-0.15, -0.1) is 0 Å². The average Bonchev–Trinajstić information content (AvgIpc) is 2.83. The van der Waals surface area contributed by atoms with Crippen LogP contribution >= 0.6 is 31.9 Å². The van der Waals surface area contributed by atoms with Crippen molar-refractivity contribution in [2.24, 2.45) is 5.10 Å². The molecule has 5 rings (SSSR count). The molecular weight excluding hydrogens is 544 g/mol. The Kier molecular flexibility index (Phi) is 6.11. The van der Waals surface area contributed by atoms with Gasteiger partial charge in [0.15, 0.2) is 6.61 Å². The molecule has 33 heavy (non-hydrogen) atoms. The minimum Gasteiger partial charge on any atom is -0.483 e. The number of amides is 1. The number of hydrazone groups is 1. The highest BCUT2D eigenvalue weighted by atomic mass is 79.9. The summed E-state index contributed by atoms with van der Waals surface area (Å²) in [5, 5.41) is 10.7. The van der Waals surface area contributed by atoms with E-state index in [9.17, 15) is 4.79 Å². The van der Waals surface area contributed by atoms with Gasteiger partial charge in [-0.05, 0) is 72.5 Å². The number of hydrogen-bond acceptors (Lipinski definition) is 3. The number of nitrogens with zero attached hydrogens (tertiary/aromatic N) is 1. The fourth-order valence-electron chi connectivity index (χ4n) is 3.89. The van der Waals surface area contributed by atoms with Crippen LogP contribution in [-0.4, -0.2) is 18.7 Å². The Morgan fingerprint density at radius 3 is 2.21 bits per heavy atom.